The molecule has 2 bridgehead atoms. The van der Waals surface area contributed by atoms with Crippen molar-refractivity contribution in [1.29, 1.82) is 0 Å². The number of nitrogens with one attached hydrogen (secondary N) is 1. The van der Waals surface area contributed by atoms with Crippen LogP contribution in [0.5, 0.6) is 0 Å². The molecule has 126 valence electrons. The summed E-state index contributed by atoms with van der Waals surface area (Å²) in [4.78, 5) is 13.7. The molecule has 22 heavy (non-hydrogen) atoms. The molecule has 0 saturated carbocycles. The minimum absolute atomic E-state index is 0.0183. The van der Waals surface area contributed by atoms with Crippen LogP contribution < -0.4 is 5.32 Å². The number of hydrogen-bond donors (Lipinski definition) is 2. The monoisotopic (exact) mass is 322 g/mol. The number of fused-ring (bicyclic) bond motifs is 2. The standard InChI is InChI=1S/C14H21F3N2O3/c15-14(16,17)12(20)8-3-5-19(6-4-8)13(21)18-10-7-9-1-2-11(10)22-9/h8-12,20H,1-7H2,(H,18,21). The van der Waals surface area contributed by atoms with E-state index in [1.807, 2.05) is 0 Å². The van der Waals surface area contributed by atoms with Crippen molar-refractivity contribution in [2.24, 2.45) is 5.92 Å². The summed E-state index contributed by atoms with van der Waals surface area (Å²) in [6, 6.07) is -0.217. The number of amides is 2. The van der Waals surface area contributed by atoms with Crippen LogP contribution in [0.1, 0.15) is 32.1 Å². The molecule has 0 aliphatic carbocycles. The maximum Gasteiger partial charge on any atom is 0.414 e. The molecule has 3 aliphatic heterocycles. The third kappa shape index (κ3) is 3.17. The van der Waals surface area contributed by atoms with Crippen LogP contribution in [0.3, 0.4) is 0 Å². The van der Waals surface area contributed by atoms with Crippen LogP contribution in [-0.2, 0) is 4.74 Å². The highest BCUT2D eigenvalue weighted by Crippen LogP contribution is 2.35. The average molecular weight is 322 g/mol. The second-order valence-electron chi connectivity index (χ2n) is 6.48. The van der Waals surface area contributed by atoms with E-state index in [1.54, 1.807) is 0 Å². The lowest BCUT2D eigenvalue weighted by Crippen LogP contribution is -2.52. The zero-order valence-corrected chi connectivity index (χ0v) is 12.2. The lowest BCUT2D eigenvalue weighted by atomic mass is 9.91. The molecule has 3 saturated heterocycles. The SMILES string of the molecule is O=C(NC1CC2CCC1O2)N1CCC(C(O)C(F)(F)F)CC1. The Kier molecular flexibility index (Phi) is 4.24. The number of ether oxygens (including phenoxy) is 1. The fourth-order valence-electron chi connectivity index (χ4n) is 3.73. The molecule has 8 heteroatoms. The maximum absolute atomic E-state index is 12.5. The highest BCUT2D eigenvalue weighted by Gasteiger charge is 2.45. The molecule has 2 N–H and O–H groups in total. The van der Waals surface area contributed by atoms with Gasteiger partial charge in [0.15, 0.2) is 6.10 Å². The highest BCUT2D eigenvalue weighted by atomic mass is 19.4. The molecule has 0 radical (unpaired) electrons. The van der Waals surface area contributed by atoms with Crippen LogP contribution in [0.25, 0.3) is 0 Å². The topological polar surface area (TPSA) is 61.8 Å². The van der Waals surface area contributed by atoms with Crippen LogP contribution >= 0.6 is 0 Å². The quantitative estimate of drug-likeness (QED) is 0.813. The Morgan fingerprint density at radius 1 is 1.23 bits per heavy atom. The third-order valence-corrected chi connectivity index (χ3v) is 5.02. The number of likely N-dealkylation sites (tertiary alicyclic amines) is 1. The van der Waals surface area contributed by atoms with Gasteiger partial charge in [-0.1, -0.05) is 0 Å². The van der Waals surface area contributed by atoms with Crippen LogP contribution in [-0.4, -0.2) is 59.7 Å². The minimum Gasteiger partial charge on any atom is -0.383 e. The number of carbonyl (C=O) groups is 1. The first-order valence-corrected chi connectivity index (χ1v) is 7.80. The first kappa shape index (κ1) is 15.9. The van der Waals surface area contributed by atoms with Gasteiger partial charge in [0.05, 0.1) is 18.2 Å². The summed E-state index contributed by atoms with van der Waals surface area (Å²) in [7, 11) is 0. The number of urea groups is 1. The van der Waals surface area contributed by atoms with E-state index in [0.717, 1.165) is 19.3 Å². The Balaban J connectivity index is 1.46. The predicted molar refractivity (Wildman–Crippen MR) is 71.2 cm³/mol. The van der Waals surface area contributed by atoms with Gasteiger partial charge in [-0.3, -0.25) is 0 Å². The van der Waals surface area contributed by atoms with E-state index >= 15 is 0 Å². The first-order chi connectivity index (χ1) is 10.3. The summed E-state index contributed by atoms with van der Waals surface area (Å²) in [5.41, 5.74) is 0. The predicted octanol–water partition coefficient (Wildman–Crippen LogP) is 1.65. The van der Waals surface area contributed by atoms with Gasteiger partial charge in [-0.2, -0.15) is 13.2 Å². The molecule has 3 rings (SSSR count). The Morgan fingerprint density at radius 2 is 1.91 bits per heavy atom. The maximum atomic E-state index is 12.5. The molecule has 2 amide bonds. The van der Waals surface area contributed by atoms with Crippen molar-refractivity contribution in [3.05, 3.63) is 0 Å². The largest absolute Gasteiger partial charge is 0.414 e. The Hall–Kier alpha value is -1.02. The number of carbonyl (C=O) groups excluding carboxylic acids is 1. The van der Waals surface area contributed by atoms with E-state index in [2.05, 4.69) is 5.32 Å². The molecule has 0 aromatic heterocycles. The fraction of sp³-hybridized carbons (Fsp3) is 0.929. The molecule has 0 spiro atoms. The van der Waals surface area contributed by atoms with Gasteiger partial charge < -0.3 is 20.1 Å². The van der Waals surface area contributed by atoms with Crippen molar-refractivity contribution in [1.82, 2.24) is 10.2 Å². The first-order valence-electron chi connectivity index (χ1n) is 7.80. The van der Waals surface area contributed by atoms with Gasteiger partial charge in [0, 0.05) is 13.1 Å². The van der Waals surface area contributed by atoms with Crippen molar-refractivity contribution in [2.75, 3.05) is 13.1 Å². The molecule has 0 aromatic carbocycles. The Morgan fingerprint density at radius 3 is 2.41 bits per heavy atom. The van der Waals surface area contributed by atoms with Gasteiger partial charge in [-0.15, -0.1) is 0 Å². The van der Waals surface area contributed by atoms with Crippen molar-refractivity contribution < 1.29 is 27.8 Å². The number of rotatable bonds is 2. The van der Waals surface area contributed by atoms with Crippen LogP contribution in [0.2, 0.25) is 0 Å². The van der Waals surface area contributed by atoms with Crippen molar-refractivity contribution in [3.63, 3.8) is 0 Å². The number of nitrogens with zero attached hydrogens (tertiary/aromatic N) is 1. The molecular formula is C14H21F3N2O3. The van der Waals surface area contributed by atoms with E-state index < -0.39 is 18.2 Å². The van der Waals surface area contributed by atoms with Crippen molar-refractivity contribution >= 4 is 6.03 Å². The van der Waals surface area contributed by atoms with Gasteiger partial charge >= 0.3 is 12.2 Å². The lowest BCUT2D eigenvalue weighted by molar-refractivity contribution is -0.222. The molecule has 5 nitrogen and oxygen atoms in total. The number of aliphatic hydroxyl groups excluding tert-OH is 1. The Labute approximate surface area is 126 Å². The molecule has 4 atom stereocenters. The second-order valence-corrected chi connectivity index (χ2v) is 6.48. The van der Waals surface area contributed by atoms with E-state index in [0.29, 0.717) is 0 Å². The number of aliphatic hydroxyl groups is 1. The zero-order valence-electron chi connectivity index (χ0n) is 12.2. The molecule has 3 aliphatic rings. The van der Waals surface area contributed by atoms with Gasteiger partial charge in [0.1, 0.15) is 0 Å². The summed E-state index contributed by atoms with van der Waals surface area (Å²) in [6.07, 6.45) is -3.41. The number of halogens is 3. The summed E-state index contributed by atoms with van der Waals surface area (Å²) in [5.74, 6) is -0.824. The molecule has 0 aromatic rings. The van der Waals surface area contributed by atoms with Gasteiger partial charge in [-0.05, 0) is 38.0 Å². The van der Waals surface area contributed by atoms with Crippen molar-refractivity contribution in [2.45, 2.75) is 62.6 Å². The van der Waals surface area contributed by atoms with Crippen LogP contribution in [0, 0.1) is 5.92 Å². The summed E-state index contributed by atoms with van der Waals surface area (Å²) in [5, 5.41) is 12.2. The smallest absolute Gasteiger partial charge is 0.383 e. The second kappa shape index (κ2) is 5.88. The van der Waals surface area contributed by atoms with E-state index in [-0.39, 0.29) is 50.2 Å². The number of hydrogen-bond acceptors (Lipinski definition) is 3. The summed E-state index contributed by atoms with van der Waals surface area (Å²) in [6.45, 7) is 0.483. The average Bonchev–Trinajstić information content (AvgIpc) is 3.08. The van der Waals surface area contributed by atoms with E-state index in [1.165, 1.54) is 4.90 Å². The fourth-order valence-corrected chi connectivity index (χ4v) is 3.73. The van der Waals surface area contributed by atoms with Crippen LogP contribution in [0.4, 0.5) is 18.0 Å². The minimum atomic E-state index is -4.59. The van der Waals surface area contributed by atoms with Gasteiger partial charge in [0.2, 0.25) is 0 Å². The molecule has 3 fully saturated rings. The van der Waals surface area contributed by atoms with Crippen LogP contribution in [0.15, 0.2) is 0 Å². The number of piperidine rings is 1. The van der Waals surface area contributed by atoms with Gasteiger partial charge in [-0.25, -0.2) is 4.79 Å². The van der Waals surface area contributed by atoms with E-state index in [4.69, 9.17) is 4.74 Å². The van der Waals surface area contributed by atoms with Crippen molar-refractivity contribution in [3.8, 4) is 0 Å². The van der Waals surface area contributed by atoms with Gasteiger partial charge in [0.25, 0.3) is 0 Å². The lowest BCUT2D eigenvalue weighted by Gasteiger charge is -2.35. The molecule has 4 unspecified atom stereocenters. The Bertz CT molecular complexity index is 424. The molecular weight excluding hydrogens is 301 g/mol. The van der Waals surface area contributed by atoms with E-state index in [9.17, 15) is 23.1 Å². The normalized spacial score (nSPS) is 34.0. The summed E-state index contributed by atoms with van der Waals surface area (Å²) >= 11 is 0. The third-order valence-electron chi connectivity index (χ3n) is 5.02. The summed E-state index contributed by atoms with van der Waals surface area (Å²) < 4.78 is 43.1. The zero-order chi connectivity index (χ0) is 15.9. The number of alkyl halides is 3. The molecule has 3 heterocycles. The highest BCUT2D eigenvalue weighted by molar-refractivity contribution is 5.74.